The van der Waals surface area contributed by atoms with Crippen LogP contribution in [0, 0.1) is 0 Å². The molecule has 5 nitrogen and oxygen atoms in total. The van der Waals surface area contributed by atoms with E-state index in [2.05, 4.69) is 10.2 Å². The van der Waals surface area contributed by atoms with E-state index in [0.717, 1.165) is 13.0 Å². The van der Waals surface area contributed by atoms with E-state index >= 15 is 0 Å². The van der Waals surface area contributed by atoms with E-state index in [1.54, 1.807) is 36.1 Å². The van der Waals surface area contributed by atoms with Gasteiger partial charge in [0.05, 0.1) is 10.6 Å². The first-order valence-electron chi connectivity index (χ1n) is 7.34. The third-order valence-corrected chi connectivity index (χ3v) is 3.59. The fraction of sp³-hybridized carbons (Fsp3) is 0.500. The molecular formula is C16H24ClN3O2. The summed E-state index contributed by atoms with van der Waals surface area (Å²) in [4.78, 5) is 27.4. The molecule has 0 spiro atoms. The number of hydrogen-bond acceptors (Lipinski definition) is 3. The fourth-order valence-corrected chi connectivity index (χ4v) is 2.27. The zero-order valence-corrected chi connectivity index (χ0v) is 14.2. The topological polar surface area (TPSA) is 52.7 Å². The van der Waals surface area contributed by atoms with E-state index in [9.17, 15) is 9.59 Å². The van der Waals surface area contributed by atoms with Crippen LogP contribution in [-0.4, -0.2) is 61.9 Å². The van der Waals surface area contributed by atoms with Gasteiger partial charge in [0.1, 0.15) is 0 Å². The molecule has 0 fully saturated rings. The lowest BCUT2D eigenvalue weighted by Crippen LogP contribution is -2.38. The second-order valence-electron chi connectivity index (χ2n) is 5.40. The van der Waals surface area contributed by atoms with Gasteiger partial charge in [-0.15, -0.1) is 0 Å². The van der Waals surface area contributed by atoms with E-state index in [0.29, 0.717) is 30.2 Å². The van der Waals surface area contributed by atoms with Gasteiger partial charge in [0, 0.05) is 26.6 Å². The number of halogens is 1. The van der Waals surface area contributed by atoms with Crippen LogP contribution in [0.3, 0.4) is 0 Å². The number of carbonyl (C=O) groups is 2. The van der Waals surface area contributed by atoms with Crippen LogP contribution in [0.4, 0.5) is 0 Å². The lowest BCUT2D eigenvalue weighted by Gasteiger charge is -2.22. The molecule has 6 heteroatoms. The van der Waals surface area contributed by atoms with E-state index in [1.165, 1.54) is 0 Å². The van der Waals surface area contributed by atoms with Crippen molar-refractivity contribution in [2.45, 2.75) is 13.3 Å². The lowest BCUT2D eigenvalue weighted by atomic mass is 10.2. The number of amides is 2. The summed E-state index contributed by atoms with van der Waals surface area (Å²) in [6.45, 7) is 4.07. The Kier molecular flexibility index (Phi) is 7.91. The van der Waals surface area contributed by atoms with E-state index in [1.807, 2.05) is 14.1 Å². The molecule has 0 aromatic heterocycles. The van der Waals surface area contributed by atoms with Crippen molar-refractivity contribution < 1.29 is 9.59 Å². The summed E-state index contributed by atoms with van der Waals surface area (Å²) in [5.41, 5.74) is 0.450. The Morgan fingerprint density at radius 2 is 1.82 bits per heavy atom. The zero-order valence-electron chi connectivity index (χ0n) is 13.4. The van der Waals surface area contributed by atoms with Crippen molar-refractivity contribution >= 4 is 23.4 Å². The van der Waals surface area contributed by atoms with Gasteiger partial charge in [-0.05, 0) is 39.2 Å². The molecule has 2 amide bonds. The van der Waals surface area contributed by atoms with Gasteiger partial charge in [-0.3, -0.25) is 9.59 Å². The van der Waals surface area contributed by atoms with Crippen molar-refractivity contribution in [2.24, 2.45) is 0 Å². The number of nitrogens with one attached hydrogen (secondary N) is 1. The first-order valence-corrected chi connectivity index (χ1v) is 7.72. The van der Waals surface area contributed by atoms with Crippen molar-refractivity contribution in [1.29, 1.82) is 0 Å². The highest BCUT2D eigenvalue weighted by atomic mass is 35.5. The largest absolute Gasteiger partial charge is 0.350 e. The van der Waals surface area contributed by atoms with Gasteiger partial charge in [-0.25, -0.2) is 0 Å². The van der Waals surface area contributed by atoms with E-state index in [4.69, 9.17) is 11.6 Å². The minimum atomic E-state index is -0.220. The van der Waals surface area contributed by atoms with E-state index in [-0.39, 0.29) is 11.8 Å². The number of benzene rings is 1. The van der Waals surface area contributed by atoms with Gasteiger partial charge >= 0.3 is 0 Å². The van der Waals surface area contributed by atoms with Crippen LogP contribution in [0.15, 0.2) is 24.3 Å². The first-order chi connectivity index (χ1) is 10.4. The Balaban J connectivity index is 2.41. The maximum atomic E-state index is 12.0. The molecule has 0 saturated carbocycles. The molecule has 0 unspecified atom stereocenters. The molecule has 0 aliphatic rings. The normalized spacial score (nSPS) is 10.6. The minimum Gasteiger partial charge on any atom is -0.350 e. The van der Waals surface area contributed by atoms with Gasteiger partial charge in [0.15, 0.2) is 0 Å². The summed E-state index contributed by atoms with van der Waals surface area (Å²) in [5.74, 6) is -0.201. The summed E-state index contributed by atoms with van der Waals surface area (Å²) in [6.07, 6.45) is 0.908. The van der Waals surface area contributed by atoms with Gasteiger partial charge < -0.3 is 15.1 Å². The molecule has 1 aromatic carbocycles. The Labute approximate surface area is 137 Å². The van der Waals surface area contributed by atoms with Crippen molar-refractivity contribution in [3.05, 3.63) is 34.9 Å². The molecule has 0 saturated heterocycles. The average Bonchev–Trinajstić information content (AvgIpc) is 2.45. The minimum absolute atomic E-state index is 0.0192. The van der Waals surface area contributed by atoms with Crippen molar-refractivity contribution in [3.63, 3.8) is 0 Å². The highest BCUT2D eigenvalue weighted by Gasteiger charge is 2.11. The number of rotatable bonds is 8. The maximum absolute atomic E-state index is 12.0. The summed E-state index contributed by atoms with van der Waals surface area (Å²) in [6, 6.07) is 6.91. The smallest absolute Gasteiger partial charge is 0.252 e. The molecule has 0 aliphatic carbocycles. The highest BCUT2D eigenvalue weighted by Crippen LogP contribution is 2.14. The molecule has 0 atom stereocenters. The molecule has 1 aromatic rings. The van der Waals surface area contributed by atoms with Crippen LogP contribution in [0.1, 0.15) is 23.7 Å². The van der Waals surface area contributed by atoms with Crippen molar-refractivity contribution in [2.75, 3.05) is 40.3 Å². The first kappa shape index (κ1) is 18.5. The predicted octanol–water partition coefficient (Wildman–Crippen LogP) is 1.87. The molecule has 0 bridgehead atoms. The molecule has 0 heterocycles. The monoisotopic (exact) mass is 325 g/mol. The second kappa shape index (κ2) is 9.43. The van der Waals surface area contributed by atoms with Crippen LogP contribution < -0.4 is 5.32 Å². The van der Waals surface area contributed by atoms with Crippen LogP contribution in [0.25, 0.3) is 0 Å². The molecule has 22 heavy (non-hydrogen) atoms. The van der Waals surface area contributed by atoms with Gasteiger partial charge in [0.25, 0.3) is 5.91 Å². The average molecular weight is 326 g/mol. The number of nitrogens with zero attached hydrogens (tertiary/aromatic N) is 2. The Morgan fingerprint density at radius 1 is 1.14 bits per heavy atom. The summed E-state index contributed by atoms with van der Waals surface area (Å²) in [5, 5.41) is 3.22. The zero-order chi connectivity index (χ0) is 16.5. The molecular weight excluding hydrogens is 302 g/mol. The van der Waals surface area contributed by atoms with Crippen LogP contribution in [0.2, 0.25) is 5.02 Å². The molecule has 0 radical (unpaired) electrons. The number of hydrogen-bond donors (Lipinski definition) is 1. The number of carbonyl (C=O) groups excluding carboxylic acids is 2. The lowest BCUT2D eigenvalue weighted by molar-refractivity contribution is -0.128. The SMILES string of the molecule is CC(=O)N(CCCN(C)C)CCNC(=O)c1ccccc1Cl. The second-order valence-corrected chi connectivity index (χ2v) is 5.81. The van der Waals surface area contributed by atoms with Crippen LogP contribution >= 0.6 is 11.6 Å². The van der Waals surface area contributed by atoms with Crippen LogP contribution in [0.5, 0.6) is 0 Å². The standard InChI is InChI=1S/C16H24ClN3O2/c1-13(21)20(11-6-10-19(2)3)12-9-18-16(22)14-7-4-5-8-15(14)17/h4-5,7-8H,6,9-12H2,1-3H3,(H,18,22). The van der Waals surface area contributed by atoms with Crippen LogP contribution in [-0.2, 0) is 4.79 Å². The van der Waals surface area contributed by atoms with E-state index < -0.39 is 0 Å². The van der Waals surface area contributed by atoms with Crippen molar-refractivity contribution in [3.8, 4) is 0 Å². The molecule has 122 valence electrons. The Hall–Kier alpha value is -1.59. The Morgan fingerprint density at radius 3 is 2.41 bits per heavy atom. The fourth-order valence-electron chi connectivity index (χ4n) is 2.05. The van der Waals surface area contributed by atoms with Crippen molar-refractivity contribution in [1.82, 2.24) is 15.1 Å². The summed E-state index contributed by atoms with van der Waals surface area (Å²) >= 11 is 5.98. The van der Waals surface area contributed by atoms with Gasteiger partial charge in [0.2, 0.25) is 5.91 Å². The molecule has 1 rings (SSSR count). The quantitative estimate of drug-likeness (QED) is 0.794. The van der Waals surface area contributed by atoms with Gasteiger partial charge in [-0.1, -0.05) is 23.7 Å². The third kappa shape index (κ3) is 6.45. The predicted molar refractivity (Wildman–Crippen MR) is 89.2 cm³/mol. The molecule has 0 aliphatic heterocycles. The third-order valence-electron chi connectivity index (χ3n) is 3.26. The summed E-state index contributed by atoms with van der Waals surface area (Å²) in [7, 11) is 4.00. The highest BCUT2D eigenvalue weighted by molar-refractivity contribution is 6.33. The molecule has 1 N–H and O–H groups in total. The summed E-state index contributed by atoms with van der Waals surface area (Å²) < 4.78 is 0. The maximum Gasteiger partial charge on any atom is 0.252 e. The van der Waals surface area contributed by atoms with Gasteiger partial charge in [-0.2, -0.15) is 0 Å². The Bertz CT molecular complexity index is 506.